The minimum absolute atomic E-state index is 0.399. The second-order valence-corrected chi connectivity index (χ2v) is 8.02. The lowest BCUT2D eigenvalue weighted by molar-refractivity contribution is 0.534. The number of thioether (sulfide) groups is 1. The van der Waals surface area contributed by atoms with E-state index >= 15 is 0 Å². The van der Waals surface area contributed by atoms with E-state index in [4.69, 9.17) is 0 Å². The highest BCUT2D eigenvalue weighted by atomic mass is 32.2. The Morgan fingerprint density at radius 3 is 2.68 bits per heavy atom. The fourth-order valence-electron chi connectivity index (χ4n) is 3.34. The van der Waals surface area contributed by atoms with Crippen molar-refractivity contribution in [2.75, 3.05) is 0 Å². The molecule has 0 saturated heterocycles. The Bertz CT molecular complexity index is 1000. The molecule has 1 aliphatic heterocycles. The number of aliphatic imine (C=N–C) groups is 1. The average molecular weight is 392 g/mol. The van der Waals surface area contributed by atoms with Crippen LogP contribution in [0.2, 0.25) is 0 Å². The van der Waals surface area contributed by atoms with Gasteiger partial charge in [-0.2, -0.15) is 9.37 Å². The first-order chi connectivity index (χ1) is 13.7. The second-order valence-electron chi connectivity index (χ2n) is 6.91. The molecule has 0 saturated carbocycles. The van der Waals surface area contributed by atoms with Crippen molar-refractivity contribution < 1.29 is 4.39 Å². The third kappa shape index (κ3) is 4.65. The van der Waals surface area contributed by atoms with Crippen molar-refractivity contribution in [3.63, 3.8) is 0 Å². The molecule has 0 bridgehead atoms. The molecule has 0 fully saturated rings. The van der Waals surface area contributed by atoms with Gasteiger partial charge in [-0.05, 0) is 48.4 Å². The number of hydrogen-bond donors (Lipinski definition) is 0. The van der Waals surface area contributed by atoms with Crippen LogP contribution in [0.5, 0.6) is 0 Å². The molecule has 5 heteroatoms. The number of nitrogens with zero attached hydrogens (tertiary/aromatic N) is 3. The first-order valence-corrected chi connectivity index (χ1v) is 10.5. The fraction of sp³-hybridized carbons (Fsp3) is 0.261. The Labute approximate surface area is 169 Å². The summed E-state index contributed by atoms with van der Waals surface area (Å²) in [6, 6.07) is 18.4. The van der Waals surface area contributed by atoms with E-state index in [0.717, 1.165) is 36.3 Å². The normalized spacial score (nSPS) is 15.3. The van der Waals surface area contributed by atoms with Gasteiger partial charge in [-0.3, -0.25) is 0 Å². The van der Waals surface area contributed by atoms with Crippen LogP contribution < -0.4 is 0 Å². The van der Waals surface area contributed by atoms with Gasteiger partial charge >= 0.3 is 6.08 Å². The van der Waals surface area contributed by atoms with Gasteiger partial charge in [-0.1, -0.05) is 61.2 Å². The molecule has 2 aromatic carbocycles. The van der Waals surface area contributed by atoms with Crippen molar-refractivity contribution in [2.24, 2.45) is 4.99 Å². The van der Waals surface area contributed by atoms with Crippen LogP contribution in [0.15, 0.2) is 64.5 Å². The van der Waals surface area contributed by atoms with Gasteiger partial charge in [0.1, 0.15) is 0 Å². The molecule has 0 N–H and O–H groups in total. The van der Waals surface area contributed by atoms with Crippen molar-refractivity contribution in [3.8, 4) is 0 Å². The summed E-state index contributed by atoms with van der Waals surface area (Å²) in [7, 11) is 0. The van der Waals surface area contributed by atoms with E-state index in [1.165, 1.54) is 16.0 Å². The summed E-state index contributed by atoms with van der Waals surface area (Å²) >= 11 is 1.69. The van der Waals surface area contributed by atoms with Gasteiger partial charge in [-0.15, -0.1) is 0 Å². The Morgan fingerprint density at radius 2 is 1.86 bits per heavy atom. The van der Waals surface area contributed by atoms with E-state index in [0.29, 0.717) is 17.9 Å². The highest BCUT2D eigenvalue weighted by molar-refractivity contribution is 8.14. The van der Waals surface area contributed by atoms with Gasteiger partial charge in [-0.25, -0.2) is 9.98 Å². The van der Waals surface area contributed by atoms with Gasteiger partial charge in [0.15, 0.2) is 5.82 Å². The number of hydrogen-bond acceptors (Lipinski definition) is 4. The Balaban J connectivity index is 1.60. The molecule has 0 spiro atoms. The smallest absolute Gasteiger partial charge is 0.226 e. The fourth-order valence-corrected chi connectivity index (χ4v) is 4.49. The number of aromatic nitrogens is 2. The molecule has 28 heavy (non-hydrogen) atoms. The summed E-state index contributed by atoms with van der Waals surface area (Å²) < 4.78 is 14.0. The quantitative estimate of drug-likeness (QED) is 0.518. The lowest BCUT2D eigenvalue weighted by Gasteiger charge is -2.07. The first kappa shape index (κ1) is 18.8. The lowest BCUT2D eigenvalue weighted by atomic mass is 10.1. The van der Waals surface area contributed by atoms with E-state index in [9.17, 15) is 4.39 Å². The van der Waals surface area contributed by atoms with Gasteiger partial charge in [0.05, 0.1) is 10.7 Å². The summed E-state index contributed by atoms with van der Waals surface area (Å²) in [4.78, 5) is 13.8. The van der Waals surface area contributed by atoms with Crippen LogP contribution in [0, 0.1) is 6.08 Å². The van der Waals surface area contributed by atoms with Gasteiger partial charge in [0.25, 0.3) is 0 Å². The molecule has 0 unspecified atom stereocenters. The molecule has 1 aliphatic rings. The molecule has 2 heterocycles. The van der Waals surface area contributed by atoms with Crippen molar-refractivity contribution in [1.82, 2.24) is 9.97 Å². The molecule has 3 nitrogen and oxygen atoms in total. The van der Waals surface area contributed by atoms with E-state index in [1.54, 1.807) is 17.8 Å². The van der Waals surface area contributed by atoms with Crippen molar-refractivity contribution >= 4 is 22.6 Å². The topological polar surface area (TPSA) is 38.1 Å². The van der Waals surface area contributed by atoms with Crippen LogP contribution in [-0.4, -0.2) is 15.0 Å². The van der Waals surface area contributed by atoms with Gasteiger partial charge < -0.3 is 0 Å². The van der Waals surface area contributed by atoms with E-state index in [2.05, 4.69) is 40.1 Å². The molecule has 142 valence electrons. The van der Waals surface area contributed by atoms with Crippen LogP contribution in [0.4, 0.5) is 10.2 Å². The Hall–Kier alpha value is -2.53. The highest BCUT2D eigenvalue weighted by Gasteiger charge is 2.15. The van der Waals surface area contributed by atoms with Crippen LogP contribution in [0.3, 0.4) is 0 Å². The summed E-state index contributed by atoms with van der Waals surface area (Å²) in [5, 5.41) is 0.982. The Morgan fingerprint density at radius 1 is 1.00 bits per heavy atom. The zero-order valence-electron chi connectivity index (χ0n) is 15.9. The van der Waals surface area contributed by atoms with Crippen LogP contribution in [0.1, 0.15) is 42.1 Å². The zero-order chi connectivity index (χ0) is 19.3. The molecular formula is C23H22FN3S. The average Bonchev–Trinajstić information content (AvgIpc) is 2.89. The second kappa shape index (κ2) is 8.65. The van der Waals surface area contributed by atoms with E-state index in [-0.39, 0.29) is 0 Å². The molecule has 3 aromatic rings. The number of rotatable bonds is 4. The van der Waals surface area contributed by atoms with Gasteiger partial charge in [0.2, 0.25) is 0 Å². The monoisotopic (exact) mass is 391 g/mol. The van der Waals surface area contributed by atoms with Crippen molar-refractivity contribution in [3.05, 3.63) is 83.1 Å². The van der Waals surface area contributed by atoms with E-state index < -0.39 is 6.08 Å². The number of benzene rings is 2. The van der Waals surface area contributed by atoms with E-state index in [1.807, 2.05) is 30.3 Å². The Kier molecular flexibility index (Phi) is 5.81. The SMILES string of the molecule is CCc1ccc2c(c1)SC(=Nc1cc(Cc3ccccc3)nc(F)n1)CCC2. The maximum Gasteiger partial charge on any atom is 0.310 e. The molecule has 0 radical (unpaired) electrons. The summed E-state index contributed by atoms with van der Waals surface area (Å²) in [6.07, 6.45) is 3.81. The third-order valence-corrected chi connectivity index (χ3v) is 5.94. The largest absolute Gasteiger partial charge is 0.310 e. The molecular weight excluding hydrogens is 369 g/mol. The number of aryl methyl sites for hydroxylation is 2. The summed E-state index contributed by atoms with van der Waals surface area (Å²) in [5.41, 5.74) is 4.42. The van der Waals surface area contributed by atoms with Crippen LogP contribution in [0.25, 0.3) is 0 Å². The van der Waals surface area contributed by atoms with Crippen LogP contribution >= 0.6 is 11.8 Å². The number of halogens is 1. The van der Waals surface area contributed by atoms with Crippen molar-refractivity contribution in [2.45, 2.75) is 43.9 Å². The van der Waals surface area contributed by atoms with Crippen LogP contribution in [-0.2, 0) is 19.3 Å². The molecule has 4 rings (SSSR count). The van der Waals surface area contributed by atoms with Crippen molar-refractivity contribution in [1.29, 1.82) is 0 Å². The standard InChI is InChI=1S/C23H22FN3S/c1-2-16-11-12-18-9-6-10-22(28-20(18)14-16)26-21-15-19(25-23(24)27-21)13-17-7-4-3-5-8-17/h3-5,7-8,11-12,14-15H,2,6,9-10,13H2,1H3. The van der Waals surface area contributed by atoms with Gasteiger partial charge in [0, 0.05) is 17.4 Å². The predicted molar refractivity (Wildman–Crippen MR) is 113 cm³/mol. The zero-order valence-corrected chi connectivity index (χ0v) is 16.7. The molecule has 0 atom stereocenters. The molecule has 0 amide bonds. The maximum absolute atomic E-state index is 14.0. The lowest BCUT2D eigenvalue weighted by Crippen LogP contribution is -1.99. The highest BCUT2D eigenvalue weighted by Crippen LogP contribution is 2.33. The molecule has 0 aliphatic carbocycles. The minimum Gasteiger partial charge on any atom is -0.226 e. The minimum atomic E-state index is -0.722. The molecule has 1 aromatic heterocycles. The summed E-state index contributed by atoms with van der Waals surface area (Å²) in [6.45, 7) is 2.16. The first-order valence-electron chi connectivity index (χ1n) is 9.64. The maximum atomic E-state index is 14.0. The third-order valence-electron chi connectivity index (χ3n) is 4.81. The number of fused-ring (bicyclic) bond motifs is 1. The predicted octanol–water partition coefficient (Wildman–Crippen LogP) is 5.93. The summed E-state index contributed by atoms with van der Waals surface area (Å²) in [5.74, 6) is 0.399.